The minimum Gasteiger partial charge on any atom is -0.343 e. The molecule has 21 heavy (non-hydrogen) atoms. The van der Waals surface area contributed by atoms with Crippen LogP contribution in [0.2, 0.25) is 0 Å². The number of rotatable bonds is 3. The zero-order chi connectivity index (χ0) is 15.8. The first-order valence-electron chi connectivity index (χ1n) is 8.34. The summed E-state index contributed by atoms with van der Waals surface area (Å²) in [7, 11) is 0. The van der Waals surface area contributed by atoms with Crippen LogP contribution < -0.4 is 5.32 Å². The van der Waals surface area contributed by atoms with E-state index < -0.39 is 0 Å². The van der Waals surface area contributed by atoms with E-state index in [1.165, 1.54) is 6.42 Å². The van der Waals surface area contributed by atoms with E-state index in [1.807, 2.05) is 11.8 Å². The average molecular weight is 294 g/mol. The van der Waals surface area contributed by atoms with Gasteiger partial charge in [0, 0.05) is 6.04 Å². The molecule has 0 aromatic heterocycles. The van der Waals surface area contributed by atoms with Gasteiger partial charge < -0.3 is 10.2 Å². The number of piperazine rings is 1. The quantitative estimate of drug-likeness (QED) is 0.870. The Labute approximate surface area is 128 Å². The van der Waals surface area contributed by atoms with Gasteiger partial charge in [0.15, 0.2) is 0 Å². The Hall–Kier alpha value is -1.06. The lowest BCUT2D eigenvalue weighted by Gasteiger charge is -2.47. The molecule has 1 saturated heterocycles. The molecule has 1 heterocycles. The lowest BCUT2D eigenvalue weighted by atomic mass is 9.74. The lowest BCUT2D eigenvalue weighted by molar-refractivity contribution is -0.153. The first kappa shape index (κ1) is 16.3. The molecule has 0 bridgehead atoms. The maximum atomic E-state index is 12.8. The van der Waals surface area contributed by atoms with Crippen LogP contribution >= 0.6 is 0 Å². The molecule has 3 unspecified atom stereocenters. The first-order valence-corrected chi connectivity index (χ1v) is 8.34. The molecule has 4 nitrogen and oxygen atoms in total. The summed E-state index contributed by atoms with van der Waals surface area (Å²) in [6, 6.07) is -0.449. The molecule has 0 aromatic rings. The van der Waals surface area contributed by atoms with Gasteiger partial charge in [0.1, 0.15) is 12.1 Å². The third-order valence-corrected chi connectivity index (χ3v) is 4.95. The summed E-state index contributed by atoms with van der Waals surface area (Å²) in [6.45, 7) is 10.6. The Bertz CT molecular complexity index is 417. The normalized spacial score (nSPS) is 33.2. The van der Waals surface area contributed by atoms with Crippen molar-refractivity contribution in [2.45, 2.75) is 84.8 Å². The summed E-state index contributed by atoms with van der Waals surface area (Å²) in [6.07, 6.45) is 5.11. The third-order valence-electron chi connectivity index (χ3n) is 4.95. The number of hydrogen-bond acceptors (Lipinski definition) is 2. The van der Waals surface area contributed by atoms with Crippen molar-refractivity contribution in [2.24, 2.45) is 11.3 Å². The predicted molar refractivity (Wildman–Crippen MR) is 83.7 cm³/mol. The second kappa shape index (κ2) is 5.98. The van der Waals surface area contributed by atoms with Crippen molar-refractivity contribution in [2.75, 3.05) is 0 Å². The maximum absolute atomic E-state index is 12.8. The van der Waals surface area contributed by atoms with Crippen LogP contribution in [0.25, 0.3) is 0 Å². The fraction of sp³-hybridized carbons (Fsp3) is 0.882. The summed E-state index contributed by atoms with van der Waals surface area (Å²) < 4.78 is 0. The van der Waals surface area contributed by atoms with Crippen molar-refractivity contribution < 1.29 is 9.59 Å². The molecule has 2 fully saturated rings. The standard InChI is InChI=1S/C17H30N2O2/c1-11(2)9-14-16(21)19(12(3)15(20)18-14)13-7-6-8-17(4,5)10-13/h11-14H,6-10H2,1-5H3,(H,18,20). The Balaban J connectivity index is 2.18. The van der Waals surface area contributed by atoms with Crippen molar-refractivity contribution >= 4 is 11.8 Å². The smallest absolute Gasteiger partial charge is 0.246 e. The molecule has 1 aliphatic heterocycles. The van der Waals surface area contributed by atoms with Crippen LogP contribution in [0.15, 0.2) is 0 Å². The van der Waals surface area contributed by atoms with Crippen LogP contribution in [0.5, 0.6) is 0 Å². The Morgan fingerprint density at radius 3 is 2.57 bits per heavy atom. The van der Waals surface area contributed by atoms with E-state index in [9.17, 15) is 9.59 Å². The molecular formula is C17H30N2O2. The van der Waals surface area contributed by atoms with E-state index in [2.05, 4.69) is 33.0 Å². The van der Waals surface area contributed by atoms with Gasteiger partial charge in [-0.2, -0.15) is 0 Å². The molecule has 0 spiro atoms. The fourth-order valence-electron chi connectivity index (χ4n) is 3.87. The number of nitrogens with zero attached hydrogens (tertiary/aromatic N) is 1. The third kappa shape index (κ3) is 3.58. The number of carbonyl (C=O) groups is 2. The van der Waals surface area contributed by atoms with E-state index in [0.717, 1.165) is 25.7 Å². The highest BCUT2D eigenvalue weighted by Crippen LogP contribution is 2.38. The van der Waals surface area contributed by atoms with Gasteiger partial charge in [-0.05, 0) is 43.9 Å². The monoisotopic (exact) mass is 294 g/mol. The van der Waals surface area contributed by atoms with E-state index in [0.29, 0.717) is 5.92 Å². The van der Waals surface area contributed by atoms with Crippen molar-refractivity contribution in [3.05, 3.63) is 0 Å². The van der Waals surface area contributed by atoms with Crippen molar-refractivity contribution in [3.63, 3.8) is 0 Å². The highest BCUT2D eigenvalue weighted by Gasteiger charge is 2.43. The van der Waals surface area contributed by atoms with E-state index in [4.69, 9.17) is 0 Å². The summed E-state index contributed by atoms with van der Waals surface area (Å²) in [5.41, 5.74) is 0.268. The highest BCUT2D eigenvalue weighted by molar-refractivity contribution is 5.96. The summed E-state index contributed by atoms with van der Waals surface area (Å²) in [5.74, 6) is 0.527. The van der Waals surface area contributed by atoms with E-state index in [-0.39, 0.29) is 35.4 Å². The van der Waals surface area contributed by atoms with Gasteiger partial charge in [0.25, 0.3) is 0 Å². The van der Waals surface area contributed by atoms with E-state index >= 15 is 0 Å². The van der Waals surface area contributed by atoms with Gasteiger partial charge >= 0.3 is 0 Å². The topological polar surface area (TPSA) is 49.4 Å². The zero-order valence-electron chi connectivity index (χ0n) is 14.1. The zero-order valence-corrected chi connectivity index (χ0v) is 14.1. The fourth-order valence-corrected chi connectivity index (χ4v) is 3.87. The van der Waals surface area contributed by atoms with Crippen LogP contribution in [0.4, 0.5) is 0 Å². The van der Waals surface area contributed by atoms with Gasteiger partial charge in [-0.1, -0.05) is 34.1 Å². The number of hydrogen-bond donors (Lipinski definition) is 1. The number of nitrogens with one attached hydrogen (secondary N) is 1. The van der Waals surface area contributed by atoms with E-state index in [1.54, 1.807) is 0 Å². The van der Waals surface area contributed by atoms with Gasteiger partial charge in [0.2, 0.25) is 11.8 Å². The second-order valence-corrected chi connectivity index (χ2v) is 8.03. The molecule has 3 atom stereocenters. The molecule has 0 radical (unpaired) electrons. The molecule has 2 aliphatic rings. The summed E-state index contributed by atoms with van der Waals surface area (Å²) in [4.78, 5) is 27.0. The van der Waals surface area contributed by atoms with Gasteiger partial charge in [-0.25, -0.2) is 0 Å². The molecule has 1 aliphatic carbocycles. The average Bonchev–Trinajstić information content (AvgIpc) is 2.34. The molecule has 1 N–H and O–H groups in total. The molecule has 2 rings (SSSR count). The van der Waals surface area contributed by atoms with Crippen molar-refractivity contribution in [1.82, 2.24) is 10.2 Å². The number of carbonyl (C=O) groups excluding carboxylic acids is 2. The molecule has 2 amide bonds. The van der Waals surface area contributed by atoms with Crippen LogP contribution in [-0.4, -0.2) is 34.8 Å². The van der Waals surface area contributed by atoms with Crippen LogP contribution in [0.3, 0.4) is 0 Å². The minimum atomic E-state index is -0.335. The molecule has 120 valence electrons. The minimum absolute atomic E-state index is 0.00336. The van der Waals surface area contributed by atoms with Gasteiger partial charge in [-0.3, -0.25) is 9.59 Å². The second-order valence-electron chi connectivity index (χ2n) is 8.03. The maximum Gasteiger partial charge on any atom is 0.246 e. The van der Waals surface area contributed by atoms with Crippen molar-refractivity contribution in [1.29, 1.82) is 0 Å². The lowest BCUT2D eigenvalue weighted by Crippen LogP contribution is -2.65. The summed E-state index contributed by atoms with van der Waals surface area (Å²) >= 11 is 0. The summed E-state index contributed by atoms with van der Waals surface area (Å²) in [5, 5.41) is 2.91. The van der Waals surface area contributed by atoms with Crippen LogP contribution in [-0.2, 0) is 9.59 Å². The highest BCUT2D eigenvalue weighted by atomic mass is 16.2. The number of amides is 2. The van der Waals surface area contributed by atoms with Crippen molar-refractivity contribution in [3.8, 4) is 0 Å². The SMILES string of the molecule is CC(C)CC1NC(=O)C(C)N(C2CCCC(C)(C)C2)C1=O. The van der Waals surface area contributed by atoms with Gasteiger partial charge in [-0.15, -0.1) is 0 Å². The first-order chi connectivity index (χ1) is 9.71. The molecule has 4 heteroatoms. The largest absolute Gasteiger partial charge is 0.343 e. The Morgan fingerprint density at radius 1 is 1.33 bits per heavy atom. The van der Waals surface area contributed by atoms with Crippen LogP contribution in [0, 0.1) is 11.3 Å². The molecular weight excluding hydrogens is 264 g/mol. The predicted octanol–water partition coefficient (Wildman–Crippen LogP) is 2.72. The Kier molecular flexibility index (Phi) is 4.64. The van der Waals surface area contributed by atoms with Crippen LogP contribution in [0.1, 0.15) is 66.7 Å². The molecule has 0 aromatic carbocycles. The molecule has 1 saturated carbocycles. The Morgan fingerprint density at radius 2 is 2.00 bits per heavy atom. The van der Waals surface area contributed by atoms with Gasteiger partial charge in [0.05, 0.1) is 0 Å².